The molecule has 1 fully saturated rings. The van der Waals surface area contributed by atoms with Gasteiger partial charge in [-0.3, -0.25) is 0 Å². The number of benzene rings is 1. The van der Waals surface area contributed by atoms with E-state index in [9.17, 15) is 5.11 Å². The SMILES string of the molecule is C=CCCC(O)CNC(c1ccc2c(c1)OCCO2)C1CC1. The fraction of sp³-hybridized carbons (Fsp3) is 0.556. The molecule has 4 heteroatoms. The number of ether oxygens (including phenoxy) is 2. The lowest BCUT2D eigenvalue weighted by molar-refractivity contribution is 0.156. The van der Waals surface area contributed by atoms with E-state index < -0.39 is 0 Å². The molecule has 0 aromatic heterocycles. The van der Waals surface area contributed by atoms with Crippen LogP contribution in [0.4, 0.5) is 0 Å². The molecule has 4 nitrogen and oxygen atoms in total. The Kier molecular flexibility index (Phi) is 5.01. The summed E-state index contributed by atoms with van der Waals surface area (Å²) >= 11 is 0. The fourth-order valence-electron chi connectivity index (χ4n) is 2.91. The van der Waals surface area contributed by atoms with Crippen molar-refractivity contribution in [3.63, 3.8) is 0 Å². The first kappa shape index (κ1) is 15.4. The van der Waals surface area contributed by atoms with Crippen molar-refractivity contribution in [2.45, 2.75) is 37.8 Å². The van der Waals surface area contributed by atoms with Crippen LogP contribution in [0.3, 0.4) is 0 Å². The van der Waals surface area contributed by atoms with Gasteiger partial charge < -0.3 is 19.9 Å². The van der Waals surface area contributed by atoms with Crippen LogP contribution in [0.25, 0.3) is 0 Å². The molecule has 1 aromatic carbocycles. The van der Waals surface area contributed by atoms with Gasteiger partial charge >= 0.3 is 0 Å². The van der Waals surface area contributed by atoms with Gasteiger partial charge in [0.25, 0.3) is 0 Å². The highest BCUT2D eigenvalue weighted by molar-refractivity contribution is 5.45. The maximum absolute atomic E-state index is 10.0. The van der Waals surface area contributed by atoms with Crippen molar-refractivity contribution >= 4 is 0 Å². The lowest BCUT2D eigenvalue weighted by Crippen LogP contribution is -2.31. The highest BCUT2D eigenvalue weighted by Crippen LogP contribution is 2.43. The third-order valence-corrected chi connectivity index (χ3v) is 4.30. The van der Waals surface area contributed by atoms with E-state index in [1.165, 1.54) is 18.4 Å². The molecule has 0 radical (unpaired) electrons. The van der Waals surface area contributed by atoms with Crippen molar-refractivity contribution in [1.29, 1.82) is 0 Å². The minimum atomic E-state index is -0.323. The largest absolute Gasteiger partial charge is 0.486 e. The van der Waals surface area contributed by atoms with Gasteiger partial charge in [0.05, 0.1) is 6.10 Å². The van der Waals surface area contributed by atoms with Gasteiger partial charge in [-0.15, -0.1) is 6.58 Å². The number of aliphatic hydroxyl groups is 1. The molecule has 0 saturated heterocycles. The molecular weight excluding hydrogens is 278 g/mol. The van der Waals surface area contributed by atoms with Gasteiger partial charge in [-0.1, -0.05) is 12.1 Å². The molecule has 2 N–H and O–H groups in total. The van der Waals surface area contributed by atoms with E-state index in [4.69, 9.17) is 9.47 Å². The van der Waals surface area contributed by atoms with Crippen LogP contribution in [0, 0.1) is 5.92 Å². The van der Waals surface area contributed by atoms with Gasteiger partial charge in [-0.05, 0) is 49.3 Å². The van der Waals surface area contributed by atoms with Crippen LogP contribution in [0.1, 0.15) is 37.3 Å². The van der Waals surface area contributed by atoms with Crippen molar-refractivity contribution < 1.29 is 14.6 Å². The highest BCUT2D eigenvalue weighted by atomic mass is 16.6. The number of allylic oxidation sites excluding steroid dienone is 1. The fourth-order valence-corrected chi connectivity index (χ4v) is 2.91. The zero-order valence-electron chi connectivity index (χ0n) is 13.0. The quantitative estimate of drug-likeness (QED) is 0.725. The zero-order chi connectivity index (χ0) is 15.4. The number of hydrogen-bond donors (Lipinski definition) is 2. The molecule has 22 heavy (non-hydrogen) atoms. The first-order valence-electron chi connectivity index (χ1n) is 8.20. The normalized spacial score (nSPS) is 19.5. The molecule has 1 heterocycles. The predicted octanol–water partition coefficient (Wildman–Crippen LogP) is 2.83. The van der Waals surface area contributed by atoms with E-state index in [0.717, 1.165) is 24.3 Å². The molecule has 3 rings (SSSR count). The second kappa shape index (κ2) is 7.16. The molecule has 120 valence electrons. The number of hydrogen-bond acceptors (Lipinski definition) is 4. The Hall–Kier alpha value is -1.52. The highest BCUT2D eigenvalue weighted by Gasteiger charge is 2.33. The Morgan fingerprint density at radius 3 is 2.77 bits per heavy atom. The Morgan fingerprint density at radius 1 is 1.27 bits per heavy atom. The summed E-state index contributed by atoms with van der Waals surface area (Å²) in [4.78, 5) is 0. The molecule has 1 saturated carbocycles. The van der Waals surface area contributed by atoms with Gasteiger partial charge in [-0.25, -0.2) is 0 Å². The van der Waals surface area contributed by atoms with Crippen LogP contribution >= 0.6 is 0 Å². The van der Waals surface area contributed by atoms with Crippen LogP contribution < -0.4 is 14.8 Å². The second-order valence-electron chi connectivity index (χ2n) is 6.15. The van der Waals surface area contributed by atoms with Crippen molar-refractivity contribution in [2.24, 2.45) is 5.92 Å². The summed E-state index contributed by atoms with van der Waals surface area (Å²) in [6.07, 6.45) is 5.62. The Labute approximate surface area is 132 Å². The maximum Gasteiger partial charge on any atom is 0.161 e. The van der Waals surface area contributed by atoms with E-state index in [-0.39, 0.29) is 12.1 Å². The molecule has 1 aromatic rings. The predicted molar refractivity (Wildman–Crippen MR) is 86.3 cm³/mol. The molecule has 2 aliphatic rings. The molecule has 2 unspecified atom stereocenters. The smallest absolute Gasteiger partial charge is 0.161 e. The Bertz CT molecular complexity index is 513. The van der Waals surface area contributed by atoms with Gasteiger partial charge in [-0.2, -0.15) is 0 Å². The Morgan fingerprint density at radius 2 is 2.05 bits per heavy atom. The molecule has 1 aliphatic carbocycles. The third kappa shape index (κ3) is 3.81. The number of fused-ring (bicyclic) bond motifs is 1. The number of rotatable bonds is 8. The van der Waals surface area contributed by atoms with Crippen LogP contribution in [0.2, 0.25) is 0 Å². The number of aliphatic hydroxyl groups excluding tert-OH is 1. The minimum absolute atomic E-state index is 0.286. The maximum atomic E-state index is 10.0. The average molecular weight is 303 g/mol. The summed E-state index contributed by atoms with van der Waals surface area (Å²) in [6.45, 7) is 5.54. The lowest BCUT2D eigenvalue weighted by atomic mass is 10.0. The summed E-state index contributed by atoms with van der Waals surface area (Å²) in [5.41, 5.74) is 1.22. The molecular formula is C18H25NO3. The summed E-state index contributed by atoms with van der Waals surface area (Å²) < 4.78 is 11.3. The van der Waals surface area contributed by atoms with E-state index >= 15 is 0 Å². The summed E-state index contributed by atoms with van der Waals surface area (Å²) in [7, 11) is 0. The number of nitrogens with one attached hydrogen (secondary N) is 1. The monoisotopic (exact) mass is 303 g/mol. The minimum Gasteiger partial charge on any atom is -0.486 e. The third-order valence-electron chi connectivity index (χ3n) is 4.30. The average Bonchev–Trinajstić information content (AvgIpc) is 3.38. The standard InChI is InChI=1S/C18H25NO3/c1-2-3-4-15(20)12-19-18(13-5-6-13)14-7-8-16-17(11-14)22-10-9-21-16/h2,7-8,11,13,15,18-20H,1,3-6,9-10,12H2. The van der Waals surface area contributed by atoms with Crippen molar-refractivity contribution in [3.05, 3.63) is 36.4 Å². The molecule has 0 amide bonds. The second-order valence-corrected chi connectivity index (χ2v) is 6.15. The topological polar surface area (TPSA) is 50.7 Å². The van der Waals surface area contributed by atoms with Crippen LogP contribution in [0.5, 0.6) is 11.5 Å². The van der Waals surface area contributed by atoms with Gasteiger partial charge in [0, 0.05) is 12.6 Å². The van der Waals surface area contributed by atoms with Crippen molar-refractivity contribution in [3.8, 4) is 11.5 Å². The van der Waals surface area contributed by atoms with Crippen molar-refractivity contribution in [1.82, 2.24) is 5.32 Å². The first-order chi connectivity index (χ1) is 10.8. The van der Waals surface area contributed by atoms with E-state index in [1.54, 1.807) is 0 Å². The zero-order valence-corrected chi connectivity index (χ0v) is 13.0. The van der Waals surface area contributed by atoms with Crippen molar-refractivity contribution in [2.75, 3.05) is 19.8 Å². The van der Waals surface area contributed by atoms with E-state index in [1.807, 2.05) is 12.1 Å². The molecule has 0 bridgehead atoms. The van der Waals surface area contributed by atoms with Gasteiger partial charge in [0.15, 0.2) is 11.5 Å². The van der Waals surface area contributed by atoms with Gasteiger partial charge in [0.2, 0.25) is 0 Å². The first-order valence-corrected chi connectivity index (χ1v) is 8.20. The van der Waals surface area contributed by atoms with E-state index in [0.29, 0.717) is 25.7 Å². The van der Waals surface area contributed by atoms with Crippen LogP contribution in [-0.2, 0) is 0 Å². The molecule has 2 atom stereocenters. The summed E-state index contributed by atoms with van der Waals surface area (Å²) in [6, 6.07) is 6.48. The lowest BCUT2D eigenvalue weighted by Gasteiger charge is -2.24. The van der Waals surface area contributed by atoms with Gasteiger partial charge in [0.1, 0.15) is 13.2 Å². The van der Waals surface area contributed by atoms with Crippen LogP contribution in [-0.4, -0.2) is 31.0 Å². The van der Waals surface area contributed by atoms with Crippen LogP contribution in [0.15, 0.2) is 30.9 Å². The van der Waals surface area contributed by atoms with E-state index in [2.05, 4.69) is 24.0 Å². The Balaban J connectivity index is 1.65. The molecule has 0 spiro atoms. The summed E-state index contributed by atoms with van der Waals surface area (Å²) in [5.74, 6) is 2.33. The molecule has 1 aliphatic heterocycles. The summed E-state index contributed by atoms with van der Waals surface area (Å²) in [5, 5.41) is 13.5.